The molecule has 2 aromatic heterocycles. The number of rotatable bonds is 4. The third kappa shape index (κ3) is 3.32. The van der Waals surface area contributed by atoms with E-state index >= 15 is 0 Å². The van der Waals surface area contributed by atoms with Gasteiger partial charge in [0.1, 0.15) is 0 Å². The standard InChI is InChI=1S/C32H21N3O2/c36-35(37)32-20-23-17-18-33(24-9-3-1-4-10-24)30(23)21-28(32)22-15-16-27-26-13-7-8-14-29(26)34(31(27)19-22)25-11-5-2-6-12-25/h1-21H. The number of fused-ring (bicyclic) bond motifs is 4. The first kappa shape index (κ1) is 21.1. The second kappa shape index (κ2) is 8.21. The fourth-order valence-electron chi connectivity index (χ4n) is 5.36. The van der Waals surface area contributed by atoms with E-state index in [1.807, 2.05) is 85.1 Å². The smallest absolute Gasteiger partial charge is 0.277 e. The Morgan fingerprint density at radius 2 is 1.27 bits per heavy atom. The highest BCUT2D eigenvalue weighted by Gasteiger charge is 2.20. The molecule has 5 heteroatoms. The zero-order valence-electron chi connectivity index (χ0n) is 19.8. The lowest BCUT2D eigenvalue weighted by Gasteiger charge is -2.10. The van der Waals surface area contributed by atoms with Crippen molar-refractivity contribution in [2.45, 2.75) is 0 Å². The largest absolute Gasteiger partial charge is 0.317 e. The molecule has 0 spiro atoms. The monoisotopic (exact) mass is 479 g/mol. The predicted octanol–water partition coefficient (Wildman–Crippen LogP) is 8.30. The molecule has 5 nitrogen and oxygen atoms in total. The molecule has 0 atom stereocenters. The van der Waals surface area contributed by atoms with Gasteiger partial charge in [-0.1, -0.05) is 66.7 Å². The van der Waals surface area contributed by atoms with Gasteiger partial charge in [-0.05, 0) is 54.1 Å². The molecule has 0 N–H and O–H groups in total. The summed E-state index contributed by atoms with van der Waals surface area (Å²) in [6.45, 7) is 0. The van der Waals surface area contributed by atoms with Gasteiger partial charge in [-0.3, -0.25) is 10.1 Å². The van der Waals surface area contributed by atoms with Crippen molar-refractivity contribution in [2.75, 3.05) is 0 Å². The fraction of sp³-hybridized carbons (Fsp3) is 0. The van der Waals surface area contributed by atoms with Crippen LogP contribution in [0.25, 0.3) is 55.2 Å². The second-order valence-corrected chi connectivity index (χ2v) is 9.13. The molecule has 0 radical (unpaired) electrons. The van der Waals surface area contributed by atoms with E-state index in [-0.39, 0.29) is 10.6 Å². The van der Waals surface area contributed by atoms with Gasteiger partial charge in [0.15, 0.2) is 0 Å². The molecular formula is C32H21N3O2. The normalized spacial score (nSPS) is 11.5. The molecule has 176 valence electrons. The number of aromatic nitrogens is 2. The van der Waals surface area contributed by atoms with Crippen LogP contribution in [0.5, 0.6) is 0 Å². The van der Waals surface area contributed by atoms with Gasteiger partial charge in [0.2, 0.25) is 0 Å². The highest BCUT2D eigenvalue weighted by Crippen LogP contribution is 2.39. The molecule has 0 saturated heterocycles. The zero-order chi connectivity index (χ0) is 24.9. The first-order valence-corrected chi connectivity index (χ1v) is 12.1. The molecule has 5 aromatic carbocycles. The van der Waals surface area contributed by atoms with Crippen molar-refractivity contribution in [3.8, 4) is 22.5 Å². The van der Waals surface area contributed by atoms with Crippen molar-refractivity contribution < 1.29 is 4.92 Å². The Balaban J connectivity index is 1.52. The summed E-state index contributed by atoms with van der Waals surface area (Å²) >= 11 is 0. The number of nitro benzene ring substituents is 1. The topological polar surface area (TPSA) is 53.0 Å². The van der Waals surface area contributed by atoms with Crippen LogP contribution in [0.3, 0.4) is 0 Å². The molecule has 0 bridgehead atoms. The summed E-state index contributed by atoms with van der Waals surface area (Å²) in [4.78, 5) is 11.9. The van der Waals surface area contributed by atoms with Crippen molar-refractivity contribution in [1.82, 2.24) is 9.13 Å². The van der Waals surface area contributed by atoms with Gasteiger partial charge in [-0.15, -0.1) is 0 Å². The van der Waals surface area contributed by atoms with Gasteiger partial charge in [0.25, 0.3) is 5.69 Å². The maximum Gasteiger partial charge on any atom is 0.277 e. The minimum atomic E-state index is -0.286. The third-order valence-corrected chi connectivity index (χ3v) is 7.04. The minimum Gasteiger partial charge on any atom is -0.317 e. The van der Waals surface area contributed by atoms with Crippen molar-refractivity contribution in [1.29, 1.82) is 0 Å². The second-order valence-electron chi connectivity index (χ2n) is 9.13. The number of nitrogens with zero attached hydrogens (tertiary/aromatic N) is 3. The fourth-order valence-corrected chi connectivity index (χ4v) is 5.36. The van der Waals surface area contributed by atoms with Gasteiger partial charge < -0.3 is 9.13 Å². The number of para-hydroxylation sites is 3. The summed E-state index contributed by atoms with van der Waals surface area (Å²) < 4.78 is 4.30. The van der Waals surface area contributed by atoms with E-state index in [0.29, 0.717) is 5.56 Å². The van der Waals surface area contributed by atoms with Gasteiger partial charge >= 0.3 is 0 Å². The van der Waals surface area contributed by atoms with E-state index in [2.05, 4.69) is 45.5 Å². The molecule has 7 rings (SSSR count). The predicted molar refractivity (Wildman–Crippen MR) is 150 cm³/mol. The average molecular weight is 480 g/mol. The Kier molecular flexibility index (Phi) is 4.69. The van der Waals surface area contributed by atoms with Crippen LogP contribution >= 0.6 is 0 Å². The molecule has 0 aliphatic carbocycles. The van der Waals surface area contributed by atoms with Crippen molar-refractivity contribution in [3.05, 3.63) is 138 Å². The zero-order valence-corrected chi connectivity index (χ0v) is 19.8. The molecule has 37 heavy (non-hydrogen) atoms. The molecular weight excluding hydrogens is 458 g/mol. The van der Waals surface area contributed by atoms with E-state index in [1.54, 1.807) is 6.07 Å². The summed E-state index contributed by atoms with van der Waals surface area (Å²) in [5, 5.41) is 15.3. The van der Waals surface area contributed by atoms with Gasteiger partial charge in [0, 0.05) is 39.8 Å². The molecule has 0 unspecified atom stereocenters. The molecule has 7 aromatic rings. The lowest BCUT2D eigenvalue weighted by atomic mass is 10.00. The summed E-state index contributed by atoms with van der Waals surface area (Å²) in [7, 11) is 0. The van der Waals surface area contributed by atoms with Crippen LogP contribution < -0.4 is 0 Å². The summed E-state index contributed by atoms with van der Waals surface area (Å²) in [6.07, 6.45) is 1.96. The first-order valence-electron chi connectivity index (χ1n) is 12.1. The van der Waals surface area contributed by atoms with E-state index < -0.39 is 0 Å². The van der Waals surface area contributed by atoms with Gasteiger partial charge in [-0.2, -0.15) is 0 Å². The van der Waals surface area contributed by atoms with E-state index in [0.717, 1.165) is 49.6 Å². The highest BCUT2D eigenvalue weighted by atomic mass is 16.6. The molecule has 0 amide bonds. The van der Waals surface area contributed by atoms with Crippen LogP contribution in [0, 0.1) is 10.1 Å². The van der Waals surface area contributed by atoms with E-state index in [9.17, 15) is 10.1 Å². The van der Waals surface area contributed by atoms with Crippen molar-refractivity contribution >= 4 is 38.4 Å². The summed E-state index contributed by atoms with van der Waals surface area (Å²) in [5.74, 6) is 0. The minimum absolute atomic E-state index is 0.0973. The summed E-state index contributed by atoms with van der Waals surface area (Å²) in [6, 6.07) is 40.3. The van der Waals surface area contributed by atoms with Gasteiger partial charge in [-0.25, -0.2) is 0 Å². The number of hydrogen-bond acceptors (Lipinski definition) is 2. The van der Waals surface area contributed by atoms with Crippen molar-refractivity contribution in [3.63, 3.8) is 0 Å². The Hall–Kier alpha value is -5.16. The molecule has 2 heterocycles. The maximum atomic E-state index is 12.2. The lowest BCUT2D eigenvalue weighted by molar-refractivity contribution is -0.384. The first-order chi connectivity index (χ1) is 18.2. The number of hydrogen-bond donors (Lipinski definition) is 0. The SMILES string of the molecule is O=[N+]([O-])c1cc2ccn(-c3ccccc3)c2cc1-c1ccc2c3ccccc3n(-c3ccccc3)c2c1. The Bertz CT molecular complexity index is 1950. The maximum absolute atomic E-state index is 12.2. The summed E-state index contributed by atoms with van der Waals surface area (Å²) in [5.41, 5.74) is 6.60. The average Bonchev–Trinajstić information content (AvgIpc) is 3.51. The van der Waals surface area contributed by atoms with E-state index in [4.69, 9.17) is 0 Å². The molecule has 0 aliphatic rings. The molecule has 0 aliphatic heterocycles. The van der Waals surface area contributed by atoms with Gasteiger partial charge in [0.05, 0.1) is 27.0 Å². The van der Waals surface area contributed by atoms with Crippen LogP contribution in [0.15, 0.2) is 128 Å². The Morgan fingerprint density at radius 3 is 2.03 bits per heavy atom. The van der Waals surface area contributed by atoms with Crippen LogP contribution in [-0.2, 0) is 0 Å². The lowest BCUT2D eigenvalue weighted by Crippen LogP contribution is -1.96. The Labute approximate surface area is 212 Å². The highest BCUT2D eigenvalue weighted by molar-refractivity contribution is 6.10. The van der Waals surface area contributed by atoms with Crippen molar-refractivity contribution in [2.24, 2.45) is 0 Å². The van der Waals surface area contributed by atoms with Crippen LogP contribution in [0.2, 0.25) is 0 Å². The number of nitro groups is 1. The third-order valence-electron chi connectivity index (χ3n) is 7.04. The molecule has 0 saturated carbocycles. The molecule has 0 fully saturated rings. The van der Waals surface area contributed by atoms with Crippen LogP contribution in [0.4, 0.5) is 5.69 Å². The Morgan fingerprint density at radius 1 is 0.595 bits per heavy atom. The number of benzene rings is 5. The van der Waals surface area contributed by atoms with E-state index in [1.165, 1.54) is 0 Å². The van der Waals surface area contributed by atoms with Crippen LogP contribution in [-0.4, -0.2) is 14.1 Å². The quantitative estimate of drug-likeness (QED) is 0.188. The van der Waals surface area contributed by atoms with Crippen LogP contribution in [0.1, 0.15) is 0 Å².